The predicted octanol–water partition coefficient (Wildman–Crippen LogP) is 2.53. The van der Waals surface area contributed by atoms with E-state index in [4.69, 9.17) is 21.1 Å². The highest BCUT2D eigenvalue weighted by Gasteiger charge is 2.25. The SMILES string of the molecule is CC(C)CN1CCN(C(=O)c2cc(Cl)c3c(c2)OCCO3)CC1. The number of nitrogens with zero attached hydrogens (tertiary/aromatic N) is 2. The number of benzene rings is 1. The molecule has 0 atom stereocenters. The van der Waals surface area contributed by atoms with E-state index in [2.05, 4.69) is 18.7 Å². The summed E-state index contributed by atoms with van der Waals surface area (Å²) in [5.74, 6) is 1.75. The maximum Gasteiger partial charge on any atom is 0.254 e. The molecule has 0 bridgehead atoms. The van der Waals surface area contributed by atoms with Crippen molar-refractivity contribution in [3.05, 3.63) is 22.7 Å². The molecule has 0 aromatic heterocycles. The lowest BCUT2D eigenvalue weighted by Gasteiger charge is -2.35. The minimum absolute atomic E-state index is 0.00747. The second-order valence-electron chi connectivity index (χ2n) is 6.47. The summed E-state index contributed by atoms with van der Waals surface area (Å²) in [6, 6.07) is 3.42. The molecule has 0 spiro atoms. The van der Waals surface area contributed by atoms with Crippen molar-refractivity contribution in [1.29, 1.82) is 0 Å². The Balaban J connectivity index is 1.68. The van der Waals surface area contributed by atoms with Crippen molar-refractivity contribution < 1.29 is 14.3 Å². The summed E-state index contributed by atoms with van der Waals surface area (Å²) in [6.07, 6.45) is 0. The maximum atomic E-state index is 12.7. The molecule has 1 amide bonds. The van der Waals surface area contributed by atoms with Gasteiger partial charge < -0.3 is 14.4 Å². The van der Waals surface area contributed by atoms with E-state index in [1.807, 2.05) is 4.90 Å². The van der Waals surface area contributed by atoms with Crippen molar-refractivity contribution in [3.63, 3.8) is 0 Å². The molecule has 23 heavy (non-hydrogen) atoms. The molecule has 1 fully saturated rings. The lowest BCUT2D eigenvalue weighted by Crippen LogP contribution is -2.49. The van der Waals surface area contributed by atoms with Crippen LogP contribution < -0.4 is 9.47 Å². The minimum Gasteiger partial charge on any atom is -0.486 e. The summed E-state index contributed by atoms with van der Waals surface area (Å²) < 4.78 is 11.1. The number of piperazine rings is 1. The van der Waals surface area contributed by atoms with E-state index in [0.29, 0.717) is 41.2 Å². The van der Waals surface area contributed by atoms with E-state index in [0.717, 1.165) is 32.7 Å². The summed E-state index contributed by atoms with van der Waals surface area (Å²) in [5, 5.41) is 0.434. The van der Waals surface area contributed by atoms with Crippen LogP contribution in [0.3, 0.4) is 0 Å². The van der Waals surface area contributed by atoms with Crippen LogP contribution in [0.2, 0.25) is 5.02 Å². The van der Waals surface area contributed by atoms with Crippen molar-refractivity contribution in [2.24, 2.45) is 5.92 Å². The van der Waals surface area contributed by atoms with Gasteiger partial charge in [-0.05, 0) is 18.1 Å². The molecule has 5 nitrogen and oxygen atoms in total. The van der Waals surface area contributed by atoms with Crippen LogP contribution in [0.4, 0.5) is 0 Å². The van der Waals surface area contributed by atoms with Gasteiger partial charge in [0.05, 0.1) is 5.02 Å². The van der Waals surface area contributed by atoms with Crippen LogP contribution >= 0.6 is 11.6 Å². The number of hydrogen-bond donors (Lipinski definition) is 0. The van der Waals surface area contributed by atoms with Crippen molar-refractivity contribution in [1.82, 2.24) is 9.80 Å². The average molecular weight is 339 g/mol. The third-order valence-corrected chi connectivity index (χ3v) is 4.41. The molecule has 3 rings (SSSR count). The first kappa shape index (κ1) is 16.4. The zero-order valence-corrected chi connectivity index (χ0v) is 14.4. The summed E-state index contributed by atoms with van der Waals surface area (Å²) in [6.45, 7) is 9.81. The fourth-order valence-electron chi connectivity index (χ4n) is 3.07. The molecular weight excluding hydrogens is 316 g/mol. The molecule has 0 N–H and O–H groups in total. The lowest BCUT2D eigenvalue weighted by atomic mass is 10.1. The van der Waals surface area contributed by atoms with Crippen molar-refractivity contribution in [2.75, 3.05) is 45.9 Å². The Bertz CT molecular complexity index is 583. The Kier molecular flexibility index (Phi) is 4.97. The van der Waals surface area contributed by atoms with Crippen molar-refractivity contribution >= 4 is 17.5 Å². The van der Waals surface area contributed by atoms with E-state index in [1.54, 1.807) is 12.1 Å². The van der Waals surface area contributed by atoms with E-state index >= 15 is 0 Å². The zero-order chi connectivity index (χ0) is 16.4. The highest BCUT2D eigenvalue weighted by atomic mass is 35.5. The molecule has 2 aliphatic heterocycles. The number of carbonyl (C=O) groups is 1. The fraction of sp³-hybridized carbons (Fsp3) is 0.588. The van der Waals surface area contributed by atoms with Crippen molar-refractivity contribution in [3.8, 4) is 11.5 Å². The molecule has 1 saturated heterocycles. The largest absolute Gasteiger partial charge is 0.486 e. The van der Waals surface area contributed by atoms with Gasteiger partial charge in [-0.1, -0.05) is 25.4 Å². The van der Waals surface area contributed by atoms with Crippen LogP contribution in [0.1, 0.15) is 24.2 Å². The number of hydrogen-bond acceptors (Lipinski definition) is 4. The molecular formula is C17H23ClN2O3. The van der Waals surface area contributed by atoms with Gasteiger partial charge >= 0.3 is 0 Å². The van der Waals surface area contributed by atoms with Gasteiger partial charge in [-0.25, -0.2) is 0 Å². The Hall–Kier alpha value is -1.46. The highest BCUT2D eigenvalue weighted by Crippen LogP contribution is 2.38. The molecule has 0 unspecified atom stereocenters. The van der Waals surface area contributed by atoms with Crippen LogP contribution in [0.15, 0.2) is 12.1 Å². The standard InChI is InChI=1S/C17H23ClN2O3/c1-12(2)11-19-3-5-20(6-4-19)17(21)13-9-14(18)16-15(10-13)22-7-8-23-16/h9-10,12H,3-8,11H2,1-2H3. The molecule has 2 aliphatic rings. The number of halogens is 1. The Morgan fingerprint density at radius 2 is 1.87 bits per heavy atom. The number of ether oxygens (including phenoxy) is 2. The van der Waals surface area contributed by atoms with E-state index in [9.17, 15) is 4.79 Å². The third-order valence-electron chi connectivity index (χ3n) is 4.13. The second-order valence-corrected chi connectivity index (χ2v) is 6.88. The molecule has 1 aromatic carbocycles. The zero-order valence-electron chi connectivity index (χ0n) is 13.7. The van der Waals surface area contributed by atoms with Gasteiger partial charge in [-0.3, -0.25) is 9.69 Å². The van der Waals surface area contributed by atoms with Gasteiger partial charge in [0.25, 0.3) is 5.91 Å². The number of rotatable bonds is 3. The highest BCUT2D eigenvalue weighted by molar-refractivity contribution is 6.32. The van der Waals surface area contributed by atoms with Gasteiger partial charge in [0.15, 0.2) is 11.5 Å². The van der Waals surface area contributed by atoms with E-state index < -0.39 is 0 Å². The van der Waals surface area contributed by atoms with Crippen LogP contribution in [-0.4, -0.2) is 61.6 Å². The van der Waals surface area contributed by atoms with Gasteiger partial charge in [0, 0.05) is 38.3 Å². The van der Waals surface area contributed by atoms with Crippen LogP contribution in [0.5, 0.6) is 11.5 Å². The first-order valence-electron chi connectivity index (χ1n) is 8.15. The van der Waals surface area contributed by atoms with Crippen LogP contribution in [-0.2, 0) is 0 Å². The predicted molar refractivity (Wildman–Crippen MR) is 89.6 cm³/mol. The van der Waals surface area contributed by atoms with Crippen LogP contribution in [0, 0.1) is 5.92 Å². The molecule has 1 aromatic rings. The first-order valence-corrected chi connectivity index (χ1v) is 8.53. The first-order chi connectivity index (χ1) is 11.0. The molecule has 0 aliphatic carbocycles. The molecule has 126 valence electrons. The van der Waals surface area contributed by atoms with Gasteiger partial charge in [-0.15, -0.1) is 0 Å². The van der Waals surface area contributed by atoms with Crippen molar-refractivity contribution in [2.45, 2.75) is 13.8 Å². The monoisotopic (exact) mass is 338 g/mol. The summed E-state index contributed by atoms with van der Waals surface area (Å²) in [5.41, 5.74) is 0.566. The van der Waals surface area contributed by atoms with Gasteiger partial charge in [-0.2, -0.15) is 0 Å². The summed E-state index contributed by atoms with van der Waals surface area (Å²) in [4.78, 5) is 17.0. The number of carbonyl (C=O) groups excluding carboxylic acids is 1. The smallest absolute Gasteiger partial charge is 0.254 e. The normalized spacial score (nSPS) is 18.3. The minimum atomic E-state index is 0.00747. The third kappa shape index (κ3) is 3.72. The second kappa shape index (κ2) is 6.97. The molecule has 6 heteroatoms. The number of fused-ring (bicyclic) bond motifs is 1. The topological polar surface area (TPSA) is 42.0 Å². The van der Waals surface area contributed by atoms with Crippen LogP contribution in [0.25, 0.3) is 0 Å². The Morgan fingerprint density at radius 1 is 1.17 bits per heavy atom. The summed E-state index contributed by atoms with van der Waals surface area (Å²) >= 11 is 6.23. The molecule has 0 saturated carbocycles. The van der Waals surface area contributed by atoms with Gasteiger partial charge in [0.2, 0.25) is 0 Å². The fourth-order valence-corrected chi connectivity index (χ4v) is 3.33. The quantitative estimate of drug-likeness (QED) is 0.849. The number of amides is 1. The maximum absolute atomic E-state index is 12.7. The average Bonchev–Trinajstić information content (AvgIpc) is 2.54. The van der Waals surface area contributed by atoms with E-state index in [1.165, 1.54) is 0 Å². The lowest BCUT2D eigenvalue weighted by molar-refractivity contribution is 0.0623. The van der Waals surface area contributed by atoms with Gasteiger partial charge in [0.1, 0.15) is 13.2 Å². The van der Waals surface area contributed by atoms with E-state index in [-0.39, 0.29) is 5.91 Å². The molecule has 2 heterocycles. The molecule has 0 radical (unpaired) electrons. The Labute approximate surface area is 142 Å². The summed E-state index contributed by atoms with van der Waals surface area (Å²) in [7, 11) is 0. The Morgan fingerprint density at radius 3 is 2.57 bits per heavy atom.